The van der Waals surface area contributed by atoms with E-state index in [9.17, 15) is 0 Å². The van der Waals surface area contributed by atoms with E-state index in [0.29, 0.717) is 13.2 Å². The van der Waals surface area contributed by atoms with E-state index in [0.717, 1.165) is 23.8 Å². The minimum Gasteiger partial charge on any atom is -0.494 e. The van der Waals surface area contributed by atoms with Crippen molar-refractivity contribution in [2.75, 3.05) is 13.2 Å². The molecule has 0 fully saturated rings. The van der Waals surface area contributed by atoms with Crippen molar-refractivity contribution in [2.45, 2.75) is 26.5 Å². The number of rotatable bonds is 8. The Kier molecular flexibility index (Phi) is 5.50. The largest absolute Gasteiger partial charge is 0.494 e. The number of furan rings is 1. The van der Waals surface area contributed by atoms with Gasteiger partial charge in [-0.2, -0.15) is 0 Å². The van der Waals surface area contributed by atoms with Crippen LogP contribution in [0.25, 0.3) is 0 Å². The smallest absolute Gasteiger partial charge is 0.123 e. The van der Waals surface area contributed by atoms with Crippen molar-refractivity contribution in [3.8, 4) is 11.5 Å². The molecule has 1 heterocycles. The van der Waals surface area contributed by atoms with Crippen molar-refractivity contribution in [3.05, 3.63) is 48.4 Å². The van der Waals surface area contributed by atoms with Crippen LogP contribution in [0.2, 0.25) is 0 Å². The summed E-state index contributed by atoms with van der Waals surface area (Å²) in [6, 6.07) is 11.5. The molecule has 0 aliphatic carbocycles. The van der Waals surface area contributed by atoms with Gasteiger partial charge in [0.2, 0.25) is 0 Å². The highest BCUT2D eigenvalue weighted by molar-refractivity contribution is 5.33. The van der Waals surface area contributed by atoms with Gasteiger partial charge in [0.15, 0.2) is 0 Å². The van der Waals surface area contributed by atoms with E-state index in [1.807, 2.05) is 50.2 Å². The van der Waals surface area contributed by atoms with Crippen molar-refractivity contribution in [1.29, 1.82) is 0 Å². The van der Waals surface area contributed by atoms with Crippen LogP contribution in [0, 0.1) is 0 Å². The van der Waals surface area contributed by atoms with Crippen LogP contribution >= 0.6 is 0 Å². The maximum absolute atomic E-state index is 5.85. The molecule has 2 rings (SSSR count). The first-order valence-electron chi connectivity index (χ1n) is 6.90. The molecular formula is C16H21NO3. The first kappa shape index (κ1) is 14.5. The van der Waals surface area contributed by atoms with Gasteiger partial charge in [-0.3, -0.25) is 0 Å². The van der Waals surface area contributed by atoms with Gasteiger partial charge in [-0.05, 0) is 38.1 Å². The Labute approximate surface area is 119 Å². The molecule has 1 N–H and O–H groups in total. The Morgan fingerprint density at radius 2 is 2.05 bits per heavy atom. The summed E-state index contributed by atoms with van der Waals surface area (Å²) in [4.78, 5) is 0. The molecule has 0 amide bonds. The normalized spacial score (nSPS) is 12.1. The van der Waals surface area contributed by atoms with E-state index < -0.39 is 0 Å². The van der Waals surface area contributed by atoms with Crippen LogP contribution < -0.4 is 14.8 Å². The average Bonchev–Trinajstić information content (AvgIpc) is 2.93. The van der Waals surface area contributed by atoms with Crippen LogP contribution in [0.4, 0.5) is 0 Å². The number of ether oxygens (including phenoxy) is 2. The van der Waals surface area contributed by atoms with Gasteiger partial charge in [0.25, 0.3) is 0 Å². The van der Waals surface area contributed by atoms with Gasteiger partial charge in [0.05, 0.1) is 19.4 Å². The van der Waals surface area contributed by atoms with Crippen LogP contribution in [0.15, 0.2) is 47.1 Å². The molecule has 4 nitrogen and oxygen atoms in total. The van der Waals surface area contributed by atoms with E-state index in [1.165, 1.54) is 0 Å². The molecule has 1 aromatic heterocycles. The summed E-state index contributed by atoms with van der Waals surface area (Å²) in [7, 11) is 0. The fourth-order valence-electron chi connectivity index (χ4n) is 1.89. The van der Waals surface area contributed by atoms with Gasteiger partial charge in [-0.1, -0.05) is 6.07 Å². The van der Waals surface area contributed by atoms with E-state index in [-0.39, 0.29) is 6.10 Å². The molecule has 0 saturated carbocycles. The highest BCUT2D eigenvalue weighted by Crippen LogP contribution is 2.20. The zero-order chi connectivity index (χ0) is 14.2. The van der Waals surface area contributed by atoms with Crippen LogP contribution in [-0.2, 0) is 6.54 Å². The van der Waals surface area contributed by atoms with Crippen LogP contribution in [0.1, 0.15) is 19.6 Å². The molecular weight excluding hydrogens is 254 g/mol. The Bertz CT molecular complexity index is 496. The highest BCUT2D eigenvalue weighted by Gasteiger charge is 2.05. The Balaban J connectivity index is 1.75. The molecule has 1 atom stereocenters. The highest BCUT2D eigenvalue weighted by atomic mass is 16.5. The molecule has 2 aromatic rings. The number of hydrogen-bond donors (Lipinski definition) is 1. The zero-order valence-electron chi connectivity index (χ0n) is 12.0. The quantitative estimate of drug-likeness (QED) is 0.803. The minimum atomic E-state index is 0.0711. The molecule has 0 aliphatic rings. The second-order valence-electron chi connectivity index (χ2n) is 4.55. The van der Waals surface area contributed by atoms with Gasteiger partial charge in [-0.15, -0.1) is 0 Å². The third kappa shape index (κ3) is 4.63. The molecule has 1 unspecified atom stereocenters. The van der Waals surface area contributed by atoms with Crippen molar-refractivity contribution >= 4 is 0 Å². The third-order valence-corrected chi connectivity index (χ3v) is 2.76. The molecule has 0 radical (unpaired) electrons. The Hall–Kier alpha value is -1.94. The maximum Gasteiger partial charge on any atom is 0.123 e. The molecule has 0 bridgehead atoms. The fraction of sp³-hybridized carbons (Fsp3) is 0.375. The fourth-order valence-corrected chi connectivity index (χ4v) is 1.89. The molecule has 0 spiro atoms. The lowest BCUT2D eigenvalue weighted by atomic mass is 10.3. The molecule has 108 valence electrons. The first-order valence-corrected chi connectivity index (χ1v) is 6.90. The standard InChI is InChI=1S/C16H21NO3/c1-3-18-14-6-4-7-15(10-14)20-13(2)11-17-12-16-8-5-9-19-16/h4-10,13,17H,3,11-12H2,1-2H3. The minimum absolute atomic E-state index is 0.0711. The SMILES string of the molecule is CCOc1cccc(OC(C)CNCc2ccco2)c1. The van der Waals surface area contributed by atoms with Gasteiger partial charge in [0.1, 0.15) is 23.4 Å². The predicted octanol–water partition coefficient (Wildman–Crippen LogP) is 3.24. The van der Waals surface area contributed by atoms with Gasteiger partial charge < -0.3 is 19.2 Å². The lowest BCUT2D eigenvalue weighted by molar-refractivity contribution is 0.214. The van der Waals surface area contributed by atoms with E-state index >= 15 is 0 Å². The summed E-state index contributed by atoms with van der Waals surface area (Å²) < 4.78 is 16.6. The molecule has 4 heteroatoms. The molecule has 0 aliphatic heterocycles. The van der Waals surface area contributed by atoms with Crippen LogP contribution in [0.5, 0.6) is 11.5 Å². The summed E-state index contributed by atoms with van der Waals surface area (Å²) in [5, 5.41) is 3.30. The van der Waals surface area contributed by atoms with E-state index in [2.05, 4.69) is 5.32 Å². The van der Waals surface area contributed by atoms with Crippen molar-refractivity contribution in [2.24, 2.45) is 0 Å². The summed E-state index contributed by atoms with van der Waals surface area (Å²) in [6.45, 7) is 6.11. The summed E-state index contributed by atoms with van der Waals surface area (Å²) in [6.07, 6.45) is 1.75. The Morgan fingerprint density at radius 1 is 1.20 bits per heavy atom. The predicted molar refractivity (Wildman–Crippen MR) is 78.1 cm³/mol. The average molecular weight is 275 g/mol. The van der Waals surface area contributed by atoms with Crippen LogP contribution in [0.3, 0.4) is 0 Å². The molecule has 0 saturated heterocycles. The first-order chi connectivity index (χ1) is 9.78. The Morgan fingerprint density at radius 3 is 2.80 bits per heavy atom. The van der Waals surface area contributed by atoms with Crippen molar-refractivity contribution in [1.82, 2.24) is 5.32 Å². The number of nitrogens with one attached hydrogen (secondary N) is 1. The third-order valence-electron chi connectivity index (χ3n) is 2.76. The zero-order valence-corrected chi connectivity index (χ0v) is 12.0. The topological polar surface area (TPSA) is 43.6 Å². The van der Waals surface area contributed by atoms with Gasteiger partial charge in [-0.25, -0.2) is 0 Å². The summed E-state index contributed by atoms with van der Waals surface area (Å²) >= 11 is 0. The molecule has 20 heavy (non-hydrogen) atoms. The summed E-state index contributed by atoms with van der Waals surface area (Å²) in [5.74, 6) is 2.58. The lowest BCUT2D eigenvalue weighted by Gasteiger charge is -2.15. The number of hydrogen-bond acceptors (Lipinski definition) is 4. The van der Waals surface area contributed by atoms with Gasteiger partial charge in [0, 0.05) is 12.6 Å². The maximum atomic E-state index is 5.85. The van der Waals surface area contributed by atoms with Crippen molar-refractivity contribution in [3.63, 3.8) is 0 Å². The van der Waals surface area contributed by atoms with Crippen LogP contribution in [-0.4, -0.2) is 19.3 Å². The van der Waals surface area contributed by atoms with Gasteiger partial charge >= 0.3 is 0 Å². The second-order valence-corrected chi connectivity index (χ2v) is 4.55. The second kappa shape index (κ2) is 7.60. The lowest BCUT2D eigenvalue weighted by Crippen LogP contribution is -2.28. The number of benzene rings is 1. The van der Waals surface area contributed by atoms with E-state index in [4.69, 9.17) is 13.9 Å². The monoisotopic (exact) mass is 275 g/mol. The van der Waals surface area contributed by atoms with Crippen molar-refractivity contribution < 1.29 is 13.9 Å². The summed E-state index contributed by atoms with van der Waals surface area (Å²) in [5.41, 5.74) is 0. The molecule has 1 aromatic carbocycles. The van der Waals surface area contributed by atoms with E-state index in [1.54, 1.807) is 6.26 Å².